The summed E-state index contributed by atoms with van der Waals surface area (Å²) in [5.41, 5.74) is 6.79. The number of aromatic nitrogens is 2. The molecule has 112 valence electrons. The van der Waals surface area contributed by atoms with Crippen molar-refractivity contribution in [2.24, 2.45) is 0 Å². The molecule has 2 aromatic rings. The van der Waals surface area contributed by atoms with Gasteiger partial charge in [-0.3, -0.25) is 0 Å². The average Bonchev–Trinajstić information content (AvgIpc) is 2.51. The summed E-state index contributed by atoms with van der Waals surface area (Å²) in [7, 11) is 0. The van der Waals surface area contributed by atoms with Crippen LogP contribution < -0.4 is 15.8 Å². The van der Waals surface area contributed by atoms with E-state index < -0.39 is 0 Å². The third kappa shape index (κ3) is 4.34. The van der Waals surface area contributed by atoms with E-state index in [4.69, 9.17) is 10.5 Å². The van der Waals surface area contributed by atoms with Crippen LogP contribution in [0.2, 0.25) is 0 Å². The Hall–Kier alpha value is -2.30. The first-order valence-electron chi connectivity index (χ1n) is 7.25. The van der Waals surface area contributed by atoms with Crippen LogP contribution in [0.4, 0.5) is 11.6 Å². The van der Waals surface area contributed by atoms with Gasteiger partial charge in [-0.15, -0.1) is 0 Å². The predicted octanol–water partition coefficient (Wildman–Crippen LogP) is 2.81. The molecule has 21 heavy (non-hydrogen) atoms. The van der Waals surface area contributed by atoms with Crippen molar-refractivity contribution in [1.82, 2.24) is 9.97 Å². The largest absolute Gasteiger partial charge is 0.494 e. The summed E-state index contributed by atoms with van der Waals surface area (Å²) in [6.45, 7) is 5.39. The molecule has 0 aliphatic rings. The number of anilines is 2. The van der Waals surface area contributed by atoms with E-state index in [2.05, 4.69) is 15.3 Å². The lowest BCUT2D eigenvalue weighted by Gasteiger charge is -2.12. The molecule has 5 nitrogen and oxygen atoms in total. The summed E-state index contributed by atoms with van der Waals surface area (Å²) in [6, 6.07) is 9.81. The summed E-state index contributed by atoms with van der Waals surface area (Å²) < 4.78 is 5.65. The van der Waals surface area contributed by atoms with E-state index in [1.54, 1.807) is 0 Å². The van der Waals surface area contributed by atoms with Crippen LogP contribution in [-0.2, 0) is 6.42 Å². The van der Waals surface area contributed by atoms with E-state index in [1.165, 1.54) is 0 Å². The van der Waals surface area contributed by atoms with Crippen LogP contribution in [0.15, 0.2) is 30.3 Å². The minimum absolute atomic E-state index is 0.546. The molecule has 0 aliphatic carbocycles. The molecule has 2 rings (SSSR count). The van der Waals surface area contributed by atoms with Crippen LogP contribution >= 0.6 is 0 Å². The molecule has 3 N–H and O–H groups in total. The second kappa shape index (κ2) is 7.47. The van der Waals surface area contributed by atoms with E-state index in [0.29, 0.717) is 12.4 Å². The summed E-state index contributed by atoms with van der Waals surface area (Å²) in [5, 5.41) is 3.30. The highest BCUT2D eigenvalue weighted by molar-refractivity contribution is 5.54. The molecule has 1 aromatic heterocycles. The van der Waals surface area contributed by atoms with Gasteiger partial charge in [0.25, 0.3) is 0 Å². The van der Waals surface area contributed by atoms with E-state index in [1.807, 2.05) is 44.2 Å². The third-order valence-electron chi connectivity index (χ3n) is 3.17. The Bertz CT molecular complexity index is 572. The van der Waals surface area contributed by atoms with E-state index in [-0.39, 0.29) is 0 Å². The van der Waals surface area contributed by atoms with Crippen molar-refractivity contribution in [2.45, 2.75) is 26.7 Å². The molecule has 0 unspecified atom stereocenters. The van der Waals surface area contributed by atoms with Crippen LogP contribution in [-0.4, -0.2) is 23.1 Å². The number of nitrogens with one attached hydrogen (secondary N) is 1. The second-order valence-corrected chi connectivity index (χ2v) is 4.79. The first-order chi connectivity index (χ1) is 10.2. The fraction of sp³-hybridized carbons (Fsp3) is 0.375. The highest BCUT2D eigenvalue weighted by atomic mass is 16.5. The van der Waals surface area contributed by atoms with Crippen molar-refractivity contribution in [2.75, 3.05) is 24.2 Å². The van der Waals surface area contributed by atoms with Gasteiger partial charge in [0.2, 0.25) is 0 Å². The molecule has 0 amide bonds. The monoisotopic (exact) mass is 286 g/mol. The summed E-state index contributed by atoms with van der Waals surface area (Å²) in [4.78, 5) is 8.70. The molecule has 0 bridgehead atoms. The molecular formula is C16H22N4O. The Kier molecular flexibility index (Phi) is 5.37. The SMILES string of the molecule is CCc1nc(N)c(C)c(NCCCOc2ccccc2)n1. The highest BCUT2D eigenvalue weighted by Crippen LogP contribution is 2.17. The lowest BCUT2D eigenvalue weighted by Crippen LogP contribution is -2.12. The molecule has 0 radical (unpaired) electrons. The molecule has 0 saturated heterocycles. The first kappa shape index (κ1) is 15.1. The maximum absolute atomic E-state index is 5.89. The molecule has 1 aromatic carbocycles. The van der Waals surface area contributed by atoms with Gasteiger partial charge in [0.05, 0.1) is 6.61 Å². The smallest absolute Gasteiger partial charge is 0.134 e. The van der Waals surface area contributed by atoms with Gasteiger partial charge in [-0.2, -0.15) is 0 Å². The Balaban J connectivity index is 1.80. The number of hydrogen-bond donors (Lipinski definition) is 2. The van der Waals surface area contributed by atoms with Crippen molar-refractivity contribution in [1.29, 1.82) is 0 Å². The minimum Gasteiger partial charge on any atom is -0.494 e. The van der Waals surface area contributed by atoms with E-state index >= 15 is 0 Å². The standard InChI is InChI=1S/C16H22N4O/c1-3-14-19-15(17)12(2)16(20-14)18-10-7-11-21-13-8-5-4-6-9-13/h4-6,8-9H,3,7,10-11H2,1-2H3,(H3,17,18,19,20). The van der Waals surface area contributed by atoms with Crippen LogP contribution in [0.25, 0.3) is 0 Å². The predicted molar refractivity (Wildman–Crippen MR) is 85.6 cm³/mol. The normalized spacial score (nSPS) is 10.4. The zero-order valence-electron chi connectivity index (χ0n) is 12.6. The minimum atomic E-state index is 0.546. The van der Waals surface area contributed by atoms with Gasteiger partial charge in [0.1, 0.15) is 23.2 Å². The van der Waals surface area contributed by atoms with E-state index in [9.17, 15) is 0 Å². The number of benzene rings is 1. The fourth-order valence-corrected chi connectivity index (χ4v) is 1.90. The van der Waals surface area contributed by atoms with E-state index in [0.717, 1.165) is 42.3 Å². The topological polar surface area (TPSA) is 73.1 Å². The van der Waals surface area contributed by atoms with Crippen LogP contribution in [0.5, 0.6) is 5.75 Å². The van der Waals surface area contributed by atoms with Crippen LogP contribution in [0.1, 0.15) is 24.7 Å². The van der Waals surface area contributed by atoms with Gasteiger partial charge >= 0.3 is 0 Å². The van der Waals surface area contributed by atoms with Gasteiger partial charge in [-0.25, -0.2) is 9.97 Å². The lowest BCUT2D eigenvalue weighted by molar-refractivity contribution is 0.315. The second-order valence-electron chi connectivity index (χ2n) is 4.79. The molecule has 0 atom stereocenters. The van der Waals surface area contributed by atoms with Crippen molar-refractivity contribution >= 4 is 11.6 Å². The van der Waals surface area contributed by atoms with Gasteiger partial charge in [0.15, 0.2) is 0 Å². The Labute approximate surface area is 125 Å². The van der Waals surface area contributed by atoms with Gasteiger partial charge in [-0.05, 0) is 25.5 Å². The molecule has 1 heterocycles. The van der Waals surface area contributed by atoms with Crippen LogP contribution in [0.3, 0.4) is 0 Å². The lowest BCUT2D eigenvalue weighted by atomic mass is 10.3. The molecule has 0 fully saturated rings. The summed E-state index contributed by atoms with van der Waals surface area (Å²) in [6.07, 6.45) is 1.66. The van der Waals surface area contributed by atoms with Gasteiger partial charge in [0, 0.05) is 18.5 Å². The number of nitrogens with two attached hydrogens (primary N) is 1. The number of rotatable bonds is 7. The molecular weight excluding hydrogens is 264 g/mol. The van der Waals surface area contributed by atoms with Crippen molar-refractivity contribution in [3.63, 3.8) is 0 Å². The Morgan fingerprint density at radius 1 is 1.19 bits per heavy atom. The zero-order valence-corrected chi connectivity index (χ0v) is 12.6. The molecule has 5 heteroatoms. The Morgan fingerprint density at radius 3 is 2.67 bits per heavy atom. The Morgan fingerprint density at radius 2 is 1.95 bits per heavy atom. The third-order valence-corrected chi connectivity index (χ3v) is 3.17. The van der Waals surface area contributed by atoms with Crippen molar-refractivity contribution < 1.29 is 4.74 Å². The zero-order chi connectivity index (χ0) is 15.1. The fourth-order valence-electron chi connectivity index (χ4n) is 1.90. The number of nitrogens with zero attached hydrogens (tertiary/aromatic N) is 2. The van der Waals surface area contributed by atoms with Crippen LogP contribution in [0, 0.1) is 6.92 Å². The van der Waals surface area contributed by atoms with Gasteiger partial charge < -0.3 is 15.8 Å². The number of ether oxygens (including phenoxy) is 1. The summed E-state index contributed by atoms with van der Waals surface area (Å²) >= 11 is 0. The van der Waals surface area contributed by atoms with Crippen molar-refractivity contribution in [3.8, 4) is 5.75 Å². The van der Waals surface area contributed by atoms with Crippen molar-refractivity contribution in [3.05, 3.63) is 41.7 Å². The maximum Gasteiger partial charge on any atom is 0.134 e. The number of hydrogen-bond acceptors (Lipinski definition) is 5. The summed E-state index contributed by atoms with van der Waals surface area (Å²) in [5.74, 6) is 3.03. The first-order valence-corrected chi connectivity index (χ1v) is 7.25. The molecule has 0 spiro atoms. The highest BCUT2D eigenvalue weighted by Gasteiger charge is 2.07. The van der Waals surface area contributed by atoms with Gasteiger partial charge in [-0.1, -0.05) is 25.1 Å². The molecule has 0 saturated carbocycles. The average molecular weight is 286 g/mol. The number of aryl methyl sites for hydroxylation is 1. The molecule has 0 aliphatic heterocycles. The quantitative estimate of drug-likeness (QED) is 0.766. The number of nitrogen functional groups attached to an aromatic ring is 1. The maximum atomic E-state index is 5.89. The number of para-hydroxylation sites is 1.